The lowest BCUT2D eigenvalue weighted by atomic mass is 9.90. The van der Waals surface area contributed by atoms with Crippen molar-refractivity contribution in [1.29, 1.82) is 0 Å². The molecule has 0 bridgehead atoms. The Morgan fingerprint density at radius 3 is 2.54 bits per heavy atom. The summed E-state index contributed by atoms with van der Waals surface area (Å²) in [5.74, 6) is 1.13. The van der Waals surface area contributed by atoms with Gasteiger partial charge < -0.3 is 10.4 Å². The second-order valence-corrected chi connectivity index (χ2v) is 9.32. The molecule has 0 spiro atoms. The summed E-state index contributed by atoms with van der Waals surface area (Å²) >= 11 is 0. The molecular weight excluding hydrogens is 434 g/mol. The zero-order valence-electron chi connectivity index (χ0n) is 21.8. The van der Waals surface area contributed by atoms with Gasteiger partial charge in [-0.05, 0) is 55.4 Å². The first-order valence-electron chi connectivity index (χ1n) is 13.0. The minimum absolute atomic E-state index is 0.121. The number of nitrogens with zero attached hydrogens (tertiary/aromatic N) is 2. The Labute approximate surface area is 210 Å². The quantitative estimate of drug-likeness (QED) is 0.376. The molecule has 0 saturated carbocycles. The fourth-order valence-electron chi connectivity index (χ4n) is 4.51. The van der Waals surface area contributed by atoms with E-state index in [1.54, 1.807) is 24.3 Å². The van der Waals surface area contributed by atoms with Gasteiger partial charge >= 0.3 is 0 Å². The topological polar surface area (TPSA) is 75.1 Å². The molecule has 1 aromatic heterocycles. The number of phenolic OH excluding ortho intramolecular Hbond substituents is 1. The summed E-state index contributed by atoms with van der Waals surface area (Å²) in [5, 5.41) is 12.5. The summed E-state index contributed by atoms with van der Waals surface area (Å²) in [7, 11) is 0. The number of rotatable bonds is 8. The molecule has 4 rings (SSSR count). The summed E-state index contributed by atoms with van der Waals surface area (Å²) in [6, 6.07) is 13.3. The maximum atomic E-state index is 12.8. The van der Waals surface area contributed by atoms with E-state index in [0.29, 0.717) is 11.7 Å². The average Bonchev–Trinajstić information content (AvgIpc) is 2.85. The highest BCUT2D eigenvalue weighted by atomic mass is 16.3. The van der Waals surface area contributed by atoms with E-state index in [1.807, 2.05) is 13.8 Å². The van der Waals surface area contributed by atoms with Crippen molar-refractivity contribution >= 4 is 11.7 Å². The molecule has 0 radical (unpaired) electrons. The zero-order valence-corrected chi connectivity index (χ0v) is 21.8. The molecular formula is C30H39N3O2. The summed E-state index contributed by atoms with van der Waals surface area (Å²) < 4.78 is 0. The molecule has 2 N–H and O–H groups in total. The van der Waals surface area contributed by atoms with Gasteiger partial charge in [0.1, 0.15) is 5.75 Å². The van der Waals surface area contributed by atoms with Crippen LogP contribution in [0.2, 0.25) is 0 Å². The van der Waals surface area contributed by atoms with Crippen molar-refractivity contribution in [2.24, 2.45) is 5.92 Å². The van der Waals surface area contributed by atoms with Crippen LogP contribution < -0.4 is 5.32 Å². The van der Waals surface area contributed by atoms with Crippen molar-refractivity contribution in [2.45, 2.75) is 79.6 Å². The van der Waals surface area contributed by atoms with Crippen molar-refractivity contribution in [2.75, 3.05) is 5.32 Å². The lowest BCUT2D eigenvalue weighted by Gasteiger charge is -2.22. The number of anilines is 1. The lowest BCUT2D eigenvalue weighted by molar-refractivity contribution is -0.115. The number of amides is 1. The van der Waals surface area contributed by atoms with Gasteiger partial charge in [0.05, 0.1) is 23.5 Å². The Morgan fingerprint density at radius 1 is 1.09 bits per heavy atom. The third-order valence-electron chi connectivity index (χ3n) is 6.34. The van der Waals surface area contributed by atoms with Gasteiger partial charge in [0.15, 0.2) is 5.82 Å². The number of fused-ring (bicyclic) bond motifs is 3. The molecule has 1 amide bonds. The first-order chi connectivity index (χ1) is 16.9. The van der Waals surface area contributed by atoms with Gasteiger partial charge in [0.2, 0.25) is 5.91 Å². The van der Waals surface area contributed by atoms with E-state index < -0.39 is 0 Å². The molecule has 35 heavy (non-hydrogen) atoms. The van der Waals surface area contributed by atoms with Gasteiger partial charge in [-0.2, -0.15) is 0 Å². The van der Waals surface area contributed by atoms with Crippen LogP contribution in [0.4, 0.5) is 5.82 Å². The molecule has 0 fully saturated rings. The van der Waals surface area contributed by atoms with E-state index in [0.717, 1.165) is 48.3 Å². The number of hydrogen-bond donors (Lipinski definition) is 2. The summed E-state index contributed by atoms with van der Waals surface area (Å²) in [5.41, 5.74) is 7.38. The maximum absolute atomic E-state index is 12.8. The molecule has 1 aliphatic carbocycles. The highest BCUT2D eigenvalue weighted by Gasteiger charge is 2.23. The average molecular weight is 474 g/mol. The Balaban J connectivity index is 0.00000167. The standard InChI is InChI=1S/C28H33N3O2.C2H6/c1-4-5-6-18(2)16-25-28(31-26(33)17-20-8-11-22(32)12-9-20)30-24-14-10-21-15-19(3)7-13-23(21)27(24)29-25;1-2/h7-9,11-13,15,18,32H,4-6,10,14,16-17H2,1-3H3,(H,30,31,33);1-2H3. The molecule has 2 aromatic carbocycles. The highest BCUT2D eigenvalue weighted by Crippen LogP contribution is 2.34. The third-order valence-corrected chi connectivity index (χ3v) is 6.34. The molecule has 0 saturated heterocycles. The van der Waals surface area contributed by atoms with E-state index in [2.05, 4.69) is 44.3 Å². The van der Waals surface area contributed by atoms with Crippen molar-refractivity contribution in [3.8, 4) is 17.0 Å². The van der Waals surface area contributed by atoms with Crippen molar-refractivity contribution in [3.63, 3.8) is 0 Å². The van der Waals surface area contributed by atoms with Crippen molar-refractivity contribution in [1.82, 2.24) is 9.97 Å². The molecule has 5 nitrogen and oxygen atoms in total. The van der Waals surface area contributed by atoms with Gasteiger partial charge in [-0.25, -0.2) is 9.97 Å². The number of hydrogen-bond acceptors (Lipinski definition) is 4. The molecule has 186 valence electrons. The Morgan fingerprint density at radius 2 is 1.83 bits per heavy atom. The van der Waals surface area contributed by atoms with Crippen LogP contribution in [0.3, 0.4) is 0 Å². The second-order valence-electron chi connectivity index (χ2n) is 9.32. The fourth-order valence-corrected chi connectivity index (χ4v) is 4.51. The minimum Gasteiger partial charge on any atom is -0.508 e. The van der Waals surface area contributed by atoms with Crippen molar-refractivity contribution < 1.29 is 9.90 Å². The largest absolute Gasteiger partial charge is 0.508 e. The van der Waals surface area contributed by atoms with Crippen LogP contribution in [-0.4, -0.2) is 21.0 Å². The second kappa shape index (κ2) is 12.5. The Bertz CT molecular complexity index is 1140. The molecule has 0 aliphatic heterocycles. The van der Waals surface area contributed by atoms with E-state index in [9.17, 15) is 9.90 Å². The normalized spacial score (nSPS) is 12.6. The van der Waals surface area contributed by atoms with Gasteiger partial charge in [0, 0.05) is 5.56 Å². The van der Waals surface area contributed by atoms with Gasteiger partial charge in [0.25, 0.3) is 0 Å². The molecule has 1 atom stereocenters. The van der Waals surface area contributed by atoms with Crippen LogP contribution in [0.15, 0.2) is 42.5 Å². The van der Waals surface area contributed by atoms with Gasteiger partial charge in [-0.15, -0.1) is 0 Å². The Kier molecular flexibility index (Phi) is 9.41. The van der Waals surface area contributed by atoms with Crippen molar-refractivity contribution in [3.05, 3.63) is 70.5 Å². The van der Waals surface area contributed by atoms with E-state index in [-0.39, 0.29) is 18.1 Å². The van der Waals surface area contributed by atoms with Crippen LogP contribution in [-0.2, 0) is 30.5 Å². The predicted octanol–water partition coefficient (Wildman–Crippen LogP) is 6.83. The number of carbonyl (C=O) groups excluding carboxylic acids is 1. The van der Waals surface area contributed by atoms with E-state index in [4.69, 9.17) is 9.97 Å². The SMILES string of the molecule is CC.CCCCC(C)Cc1nc2c(nc1NC(=O)Cc1ccc(O)cc1)CCc1cc(C)ccc1-2. The number of nitrogens with one attached hydrogen (secondary N) is 1. The number of benzene rings is 2. The van der Waals surface area contributed by atoms with E-state index in [1.165, 1.54) is 29.5 Å². The third kappa shape index (κ3) is 6.91. The fraction of sp³-hybridized carbons (Fsp3) is 0.433. The van der Waals surface area contributed by atoms with Gasteiger partial charge in [-0.1, -0.05) is 82.9 Å². The minimum atomic E-state index is -0.121. The lowest BCUT2D eigenvalue weighted by Crippen LogP contribution is -2.20. The number of carbonyl (C=O) groups is 1. The maximum Gasteiger partial charge on any atom is 0.229 e. The summed E-state index contributed by atoms with van der Waals surface area (Å²) in [4.78, 5) is 22.9. The number of aromatic hydroxyl groups is 1. The van der Waals surface area contributed by atoms with E-state index >= 15 is 0 Å². The van der Waals surface area contributed by atoms with Gasteiger partial charge in [-0.3, -0.25) is 4.79 Å². The first-order valence-corrected chi connectivity index (χ1v) is 13.0. The molecule has 1 aliphatic rings. The molecule has 1 unspecified atom stereocenters. The predicted molar refractivity (Wildman–Crippen MR) is 144 cm³/mol. The number of phenols is 1. The zero-order chi connectivity index (χ0) is 25.4. The number of aromatic nitrogens is 2. The van der Waals surface area contributed by atoms with Crippen LogP contribution in [0, 0.1) is 12.8 Å². The summed E-state index contributed by atoms with van der Waals surface area (Å²) in [6.45, 7) is 10.6. The number of unbranched alkanes of at least 4 members (excludes halogenated alkanes) is 1. The van der Waals surface area contributed by atoms with Crippen LogP contribution in [0.25, 0.3) is 11.3 Å². The van der Waals surface area contributed by atoms with Crippen LogP contribution in [0.1, 0.15) is 75.0 Å². The summed E-state index contributed by atoms with van der Waals surface area (Å²) in [6.07, 6.45) is 6.26. The number of aryl methyl sites for hydroxylation is 3. The molecule has 1 heterocycles. The Hall–Kier alpha value is -3.21. The smallest absolute Gasteiger partial charge is 0.229 e. The first kappa shape index (κ1) is 26.4. The highest BCUT2D eigenvalue weighted by molar-refractivity contribution is 5.92. The van der Waals surface area contributed by atoms with Crippen LogP contribution >= 0.6 is 0 Å². The monoisotopic (exact) mass is 473 g/mol. The van der Waals surface area contributed by atoms with Crippen LogP contribution in [0.5, 0.6) is 5.75 Å². The molecule has 5 heteroatoms. The molecule has 3 aromatic rings.